The third-order valence-corrected chi connectivity index (χ3v) is 5.03. The molecule has 3 aliphatic heterocycles. The molecule has 144 valence electrons. The fraction of sp³-hybridized carbons (Fsp3) is 0.286. The van der Waals surface area contributed by atoms with Gasteiger partial charge in [0.25, 0.3) is 0 Å². The Hall–Kier alpha value is -3.19. The summed E-state index contributed by atoms with van der Waals surface area (Å²) in [5.41, 5.74) is 2.40. The zero-order valence-electron chi connectivity index (χ0n) is 15.2. The number of carbonyl (C=O) groups excluding carboxylic acids is 1. The molecule has 0 amide bonds. The lowest BCUT2D eigenvalue weighted by Gasteiger charge is -2.16. The fourth-order valence-corrected chi connectivity index (χ4v) is 3.64. The van der Waals surface area contributed by atoms with E-state index in [2.05, 4.69) is 0 Å². The molecule has 0 unspecified atom stereocenters. The number of rotatable bonds is 4. The number of fused-ring (bicyclic) bond motifs is 2. The maximum atomic E-state index is 12.5. The van der Waals surface area contributed by atoms with Crippen molar-refractivity contribution in [3.8, 4) is 23.0 Å². The highest BCUT2D eigenvalue weighted by Gasteiger charge is 2.40. The lowest BCUT2D eigenvalue weighted by Crippen LogP contribution is -2.21. The van der Waals surface area contributed by atoms with Crippen molar-refractivity contribution in [3.63, 3.8) is 0 Å². The van der Waals surface area contributed by atoms with Crippen molar-refractivity contribution in [1.29, 1.82) is 0 Å². The minimum absolute atomic E-state index is 0.204. The first-order chi connectivity index (χ1) is 13.7. The van der Waals surface area contributed by atoms with Crippen molar-refractivity contribution in [2.45, 2.75) is 12.7 Å². The van der Waals surface area contributed by atoms with Crippen LogP contribution in [0.2, 0.25) is 0 Å². The quantitative estimate of drug-likeness (QED) is 0.595. The minimum atomic E-state index is -0.641. The topological polar surface area (TPSA) is 72.5 Å². The van der Waals surface area contributed by atoms with Crippen LogP contribution < -0.4 is 18.9 Å². The van der Waals surface area contributed by atoms with E-state index in [1.165, 1.54) is 7.11 Å². The van der Waals surface area contributed by atoms with E-state index in [1.54, 1.807) is 0 Å². The van der Waals surface area contributed by atoms with Gasteiger partial charge in [0.2, 0.25) is 19.9 Å². The van der Waals surface area contributed by atoms with Gasteiger partial charge >= 0.3 is 5.97 Å². The van der Waals surface area contributed by atoms with Crippen LogP contribution in [0.25, 0.3) is 6.08 Å². The first-order valence-corrected chi connectivity index (χ1v) is 8.95. The summed E-state index contributed by atoms with van der Waals surface area (Å²) >= 11 is 0. The van der Waals surface area contributed by atoms with Crippen molar-refractivity contribution in [2.75, 3.05) is 20.7 Å². The predicted molar refractivity (Wildman–Crippen MR) is 97.2 cm³/mol. The van der Waals surface area contributed by atoms with Crippen LogP contribution in [0.3, 0.4) is 0 Å². The Morgan fingerprint density at radius 3 is 2.39 bits per heavy atom. The molecule has 0 aliphatic carbocycles. The molecule has 1 fully saturated rings. The zero-order chi connectivity index (χ0) is 19.1. The summed E-state index contributed by atoms with van der Waals surface area (Å²) in [5, 5.41) is 0. The molecule has 2 atom stereocenters. The highest BCUT2D eigenvalue weighted by Crippen LogP contribution is 2.38. The third-order valence-electron chi connectivity index (χ3n) is 5.03. The van der Waals surface area contributed by atoms with Crippen LogP contribution in [0.4, 0.5) is 0 Å². The largest absolute Gasteiger partial charge is 0.454 e. The third kappa shape index (κ3) is 2.93. The number of hydrogen-bond acceptors (Lipinski definition) is 7. The Balaban J connectivity index is 1.46. The van der Waals surface area contributed by atoms with Crippen LogP contribution in [-0.4, -0.2) is 33.0 Å². The molecule has 7 heteroatoms. The summed E-state index contributed by atoms with van der Waals surface area (Å²) < 4.78 is 32.4. The summed E-state index contributed by atoms with van der Waals surface area (Å²) in [5.74, 6) is 2.16. The molecule has 5 rings (SSSR count). The second-order valence-electron chi connectivity index (χ2n) is 6.72. The standard InChI is InChI=1S/C21H18O7/c1-23-21-15(7-13-3-5-17-19(9-13)27-11-25-17)14(20(22)28-21)6-12-2-4-16-18(8-12)26-10-24-16/h2-6,8-9,15,21H,7,10-11H2,1H3/b14-6+/t15-,21-/m1/s1. The normalized spacial score (nSPS) is 23.3. The van der Waals surface area contributed by atoms with Crippen LogP contribution in [0.5, 0.6) is 23.0 Å². The lowest BCUT2D eigenvalue weighted by molar-refractivity contribution is -0.160. The maximum Gasteiger partial charge on any atom is 0.336 e. The first kappa shape index (κ1) is 16.9. The summed E-state index contributed by atoms with van der Waals surface area (Å²) in [6.45, 7) is 0.426. The molecule has 3 aliphatic rings. The molecular weight excluding hydrogens is 364 g/mol. The van der Waals surface area contributed by atoms with Gasteiger partial charge in [0, 0.05) is 12.7 Å². The monoisotopic (exact) mass is 382 g/mol. The van der Waals surface area contributed by atoms with Crippen LogP contribution in [0.15, 0.2) is 42.0 Å². The molecule has 28 heavy (non-hydrogen) atoms. The van der Waals surface area contributed by atoms with Crippen molar-refractivity contribution < 1.29 is 33.2 Å². The average molecular weight is 382 g/mol. The Morgan fingerprint density at radius 2 is 1.64 bits per heavy atom. The second kappa shape index (κ2) is 6.76. The van der Waals surface area contributed by atoms with Crippen LogP contribution >= 0.6 is 0 Å². The number of hydrogen-bond donors (Lipinski definition) is 0. The average Bonchev–Trinajstić information content (AvgIpc) is 3.42. The van der Waals surface area contributed by atoms with Gasteiger partial charge in [-0.05, 0) is 47.9 Å². The van der Waals surface area contributed by atoms with E-state index in [-0.39, 0.29) is 25.5 Å². The SMILES string of the molecule is CO[C@@H]1OC(=O)/C(=C/c2ccc3c(c2)OCO3)[C@H]1Cc1ccc2c(c1)OCO2. The Bertz CT molecular complexity index is 965. The van der Waals surface area contributed by atoms with Gasteiger partial charge in [0.1, 0.15) is 0 Å². The molecule has 1 saturated heterocycles. The van der Waals surface area contributed by atoms with E-state index in [0.29, 0.717) is 29.2 Å². The first-order valence-electron chi connectivity index (χ1n) is 8.95. The van der Waals surface area contributed by atoms with Gasteiger partial charge in [-0.25, -0.2) is 4.79 Å². The molecule has 3 heterocycles. The van der Waals surface area contributed by atoms with E-state index in [9.17, 15) is 4.79 Å². The molecular formula is C21H18O7. The molecule has 0 radical (unpaired) electrons. The Kier molecular flexibility index (Phi) is 4.09. The van der Waals surface area contributed by atoms with Crippen molar-refractivity contribution in [2.24, 2.45) is 5.92 Å². The number of cyclic esters (lactones) is 1. The summed E-state index contributed by atoms with van der Waals surface area (Å²) in [7, 11) is 1.54. The number of esters is 1. The van der Waals surface area contributed by atoms with E-state index in [4.69, 9.17) is 28.4 Å². The van der Waals surface area contributed by atoms with Gasteiger partial charge in [0.15, 0.2) is 23.0 Å². The van der Waals surface area contributed by atoms with E-state index in [1.807, 2.05) is 42.5 Å². The molecule has 7 nitrogen and oxygen atoms in total. The van der Waals surface area contributed by atoms with Crippen LogP contribution in [-0.2, 0) is 20.7 Å². The summed E-state index contributed by atoms with van der Waals surface area (Å²) in [6.07, 6.45) is 1.75. The Morgan fingerprint density at radius 1 is 0.964 bits per heavy atom. The predicted octanol–water partition coefficient (Wildman–Crippen LogP) is 2.92. The van der Waals surface area contributed by atoms with Gasteiger partial charge in [-0.1, -0.05) is 12.1 Å². The second-order valence-corrected chi connectivity index (χ2v) is 6.72. The Labute approximate surface area is 161 Å². The summed E-state index contributed by atoms with van der Waals surface area (Å²) in [6, 6.07) is 11.3. The zero-order valence-corrected chi connectivity index (χ0v) is 15.2. The van der Waals surface area contributed by atoms with Crippen LogP contribution in [0.1, 0.15) is 11.1 Å². The number of methoxy groups -OCH3 is 1. The van der Waals surface area contributed by atoms with E-state index < -0.39 is 6.29 Å². The van der Waals surface area contributed by atoms with Crippen molar-refractivity contribution in [1.82, 2.24) is 0 Å². The molecule has 0 saturated carbocycles. The van der Waals surface area contributed by atoms with Crippen molar-refractivity contribution in [3.05, 3.63) is 53.1 Å². The molecule has 2 aromatic carbocycles. The summed E-state index contributed by atoms with van der Waals surface area (Å²) in [4.78, 5) is 12.5. The lowest BCUT2D eigenvalue weighted by atomic mass is 9.91. The fourth-order valence-electron chi connectivity index (χ4n) is 3.64. The van der Waals surface area contributed by atoms with Gasteiger partial charge < -0.3 is 28.4 Å². The molecule has 0 bridgehead atoms. The van der Waals surface area contributed by atoms with Gasteiger partial charge in [-0.2, -0.15) is 0 Å². The number of ether oxygens (including phenoxy) is 6. The molecule has 0 N–H and O–H groups in total. The van der Waals surface area contributed by atoms with E-state index >= 15 is 0 Å². The van der Waals surface area contributed by atoms with Gasteiger partial charge in [-0.3, -0.25) is 0 Å². The van der Waals surface area contributed by atoms with E-state index in [0.717, 1.165) is 16.9 Å². The van der Waals surface area contributed by atoms with Crippen LogP contribution in [0, 0.1) is 5.92 Å². The maximum absolute atomic E-state index is 12.5. The van der Waals surface area contributed by atoms with Gasteiger partial charge in [-0.15, -0.1) is 0 Å². The smallest absolute Gasteiger partial charge is 0.336 e. The number of benzene rings is 2. The molecule has 0 aromatic heterocycles. The minimum Gasteiger partial charge on any atom is -0.454 e. The number of carbonyl (C=O) groups is 1. The molecule has 0 spiro atoms. The highest BCUT2D eigenvalue weighted by molar-refractivity contribution is 5.96. The van der Waals surface area contributed by atoms with Crippen molar-refractivity contribution >= 4 is 12.0 Å². The highest BCUT2D eigenvalue weighted by atomic mass is 16.7. The van der Waals surface area contributed by atoms with Gasteiger partial charge in [0.05, 0.1) is 5.92 Å². The molecule has 2 aromatic rings.